The molecule has 4 rings (SSSR count). The zero-order chi connectivity index (χ0) is 20.9. The average molecular weight is 452 g/mol. The fraction of sp³-hybridized carbons (Fsp3) is 0.0556. The second kappa shape index (κ2) is 7.01. The summed E-state index contributed by atoms with van der Waals surface area (Å²) in [5.74, 6) is -2.44. The molecule has 29 heavy (non-hydrogen) atoms. The fourth-order valence-electron chi connectivity index (χ4n) is 2.88. The minimum atomic E-state index is -4.07. The highest BCUT2D eigenvalue weighted by molar-refractivity contribution is 8.26. The van der Waals surface area contributed by atoms with Gasteiger partial charge >= 0.3 is 0 Å². The number of fused-ring (bicyclic) bond motifs is 1. The van der Waals surface area contributed by atoms with Gasteiger partial charge in [0, 0.05) is 35.7 Å². The largest absolute Gasteiger partial charge is 0.456 e. The van der Waals surface area contributed by atoms with Gasteiger partial charge in [-0.05, 0) is 23.8 Å². The van der Waals surface area contributed by atoms with Crippen molar-refractivity contribution in [2.45, 2.75) is 4.90 Å². The average Bonchev–Trinajstić information content (AvgIpc) is 3.14. The van der Waals surface area contributed by atoms with Gasteiger partial charge in [-0.3, -0.25) is 9.78 Å². The van der Waals surface area contributed by atoms with E-state index in [0.717, 1.165) is 30.2 Å². The molecule has 0 atom stereocenters. The zero-order valence-electron chi connectivity index (χ0n) is 14.5. The molecule has 1 N–H and O–H groups in total. The van der Waals surface area contributed by atoms with E-state index in [4.69, 9.17) is 16.6 Å². The molecule has 0 bridgehead atoms. The van der Waals surface area contributed by atoms with Crippen LogP contribution in [0.25, 0.3) is 28.2 Å². The molecule has 3 heterocycles. The predicted molar refractivity (Wildman–Crippen MR) is 109 cm³/mol. The quantitative estimate of drug-likeness (QED) is 0.479. The monoisotopic (exact) mass is 452 g/mol. The summed E-state index contributed by atoms with van der Waals surface area (Å²) in [6, 6.07) is 3.44. The molecule has 0 radical (unpaired) electrons. The molecule has 11 heteroatoms. The first-order valence-electron chi connectivity index (χ1n) is 7.95. The van der Waals surface area contributed by atoms with Crippen LogP contribution in [0.3, 0.4) is 0 Å². The molecule has 1 fully saturated rings. The fourth-order valence-corrected chi connectivity index (χ4v) is 4.73. The third-order valence-corrected chi connectivity index (χ3v) is 6.33. The number of nitrogens with one attached hydrogen (secondary N) is 1. The third-order valence-electron chi connectivity index (χ3n) is 4.04. The number of hydrogen-bond acceptors (Lipinski definition) is 7. The van der Waals surface area contributed by atoms with Crippen LogP contribution in [-0.4, -0.2) is 29.9 Å². The van der Waals surface area contributed by atoms with Crippen LogP contribution in [-0.2, 0) is 14.6 Å². The summed E-state index contributed by atoms with van der Waals surface area (Å²) in [6.45, 7) is 0. The van der Waals surface area contributed by atoms with E-state index in [1.165, 1.54) is 18.5 Å². The standard InChI is InChI=1S/C18H10F2N2O4S3/c1-29(24,25)16-12(19)3-8(4-13(16)20)11-7-21-6-9-2-10(26-15(9)11)5-14-17(23)22-18(27)28-14/h2-7H,1H3,(H,22,23,27). The predicted octanol–water partition coefficient (Wildman–Crippen LogP) is 3.67. The van der Waals surface area contributed by atoms with Crippen molar-refractivity contribution in [3.8, 4) is 11.1 Å². The number of carbonyl (C=O) groups excluding carboxylic acids is 1. The van der Waals surface area contributed by atoms with Crippen LogP contribution in [0.5, 0.6) is 0 Å². The summed E-state index contributed by atoms with van der Waals surface area (Å²) in [6.07, 6.45) is 5.07. The van der Waals surface area contributed by atoms with Crippen LogP contribution in [0.2, 0.25) is 0 Å². The normalized spacial score (nSPS) is 16.0. The van der Waals surface area contributed by atoms with Gasteiger partial charge in [0.1, 0.15) is 32.2 Å². The molecule has 1 aliphatic rings. The molecule has 148 valence electrons. The SMILES string of the molecule is CS(=O)(=O)c1c(F)cc(-c2cncc3cc(C=C4SC(=S)NC4=O)oc23)cc1F. The first-order valence-corrected chi connectivity index (χ1v) is 11.1. The van der Waals surface area contributed by atoms with Gasteiger partial charge in [-0.15, -0.1) is 0 Å². The topological polar surface area (TPSA) is 89.3 Å². The Kier molecular flexibility index (Phi) is 4.75. The number of pyridine rings is 1. The van der Waals surface area contributed by atoms with Crippen LogP contribution in [0, 0.1) is 11.6 Å². The summed E-state index contributed by atoms with van der Waals surface area (Å²) < 4.78 is 57.9. The van der Waals surface area contributed by atoms with Crippen molar-refractivity contribution in [1.82, 2.24) is 10.3 Å². The molecule has 1 amide bonds. The zero-order valence-corrected chi connectivity index (χ0v) is 17.0. The van der Waals surface area contributed by atoms with Crippen LogP contribution in [0.4, 0.5) is 8.78 Å². The number of carbonyl (C=O) groups is 1. The number of thioether (sulfide) groups is 1. The maximum atomic E-state index is 14.3. The molecule has 6 nitrogen and oxygen atoms in total. The van der Waals surface area contributed by atoms with Gasteiger partial charge in [0.05, 0.1) is 4.91 Å². The highest BCUT2D eigenvalue weighted by atomic mass is 32.2. The number of rotatable bonds is 3. The molecule has 0 aliphatic carbocycles. The van der Waals surface area contributed by atoms with E-state index >= 15 is 0 Å². The Hall–Kier alpha value is -2.63. The molecule has 0 saturated carbocycles. The Morgan fingerprint density at radius 2 is 1.90 bits per heavy atom. The van der Waals surface area contributed by atoms with E-state index in [2.05, 4.69) is 10.3 Å². The number of sulfone groups is 1. The van der Waals surface area contributed by atoms with Crippen molar-refractivity contribution < 1.29 is 26.4 Å². The van der Waals surface area contributed by atoms with Gasteiger partial charge in [0.25, 0.3) is 5.91 Å². The van der Waals surface area contributed by atoms with Crippen molar-refractivity contribution in [3.05, 3.63) is 52.9 Å². The minimum Gasteiger partial charge on any atom is -0.456 e. The molecule has 3 aromatic rings. The first-order chi connectivity index (χ1) is 13.6. The number of aromatic nitrogens is 1. The second-order valence-electron chi connectivity index (χ2n) is 6.15. The van der Waals surface area contributed by atoms with Gasteiger partial charge in [0.15, 0.2) is 9.84 Å². The lowest BCUT2D eigenvalue weighted by molar-refractivity contribution is -0.115. The second-order valence-corrected chi connectivity index (χ2v) is 9.82. The van der Waals surface area contributed by atoms with Crippen LogP contribution >= 0.6 is 24.0 Å². The van der Waals surface area contributed by atoms with Gasteiger partial charge in [0.2, 0.25) is 0 Å². The molecule has 1 saturated heterocycles. The Labute approximate surface area is 172 Å². The molecule has 0 spiro atoms. The van der Waals surface area contributed by atoms with Crippen LogP contribution in [0.1, 0.15) is 5.76 Å². The number of benzene rings is 1. The van der Waals surface area contributed by atoms with E-state index < -0.39 is 26.4 Å². The van der Waals surface area contributed by atoms with E-state index in [0.29, 0.717) is 20.4 Å². The number of amides is 1. The Morgan fingerprint density at radius 1 is 1.21 bits per heavy atom. The maximum absolute atomic E-state index is 14.3. The van der Waals surface area contributed by atoms with Crippen LogP contribution in [0.15, 0.2) is 44.8 Å². The molecular formula is C18H10F2N2O4S3. The smallest absolute Gasteiger partial charge is 0.263 e. The van der Waals surface area contributed by atoms with E-state index in [9.17, 15) is 22.0 Å². The summed E-state index contributed by atoms with van der Waals surface area (Å²) in [5.41, 5.74) is 0.612. The first kappa shape index (κ1) is 19.7. The lowest BCUT2D eigenvalue weighted by Gasteiger charge is -2.07. The van der Waals surface area contributed by atoms with Crippen molar-refractivity contribution in [1.29, 1.82) is 0 Å². The van der Waals surface area contributed by atoms with Crippen molar-refractivity contribution in [3.63, 3.8) is 0 Å². The van der Waals surface area contributed by atoms with Gasteiger partial charge in [-0.25, -0.2) is 17.2 Å². The van der Waals surface area contributed by atoms with E-state index in [-0.39, 0.29) is 22.6 Å². The Morgan fingerprint density at radius 3 is 2.48 bits per heavy atom. The Balaban J connectivity index is 1.84. The summed E-state index contributed by atoms with van der Waals surface area (Å²) in [4.78, 5) is 15.2. The van der Waals surface area contributed by atoms with Crippen LogP contribution < -0.4 is 5.32 Å². The summed E-state index contributed by atoms with van der Waals surface area (Å²) in [7, 11) is -4.07. The van der Waals surface area contributed by atoms with Crippen molar-refractivity contribution >= 4 is 61.1 Å². The molecule has 1 aromatic carbocycles. The summed E-state index contributed by atoms with van der Waals surface area (Å²) >= 11 is 6.02. The molecule has 2 aromatic heterocycles. The van der Waals surface area contributed by atoms with Gasteiger partial charge in [-0.1, -0.05) is 24.0 Å². The lowest BCUT2D eigenvalue weighted by atomic mass is 10.1. The molecule has 1 aliphatic heterocycles. The highest BCUT2D eigenvalue weighted by Gasteiger charge is 2.24. The number of furan rings is 1. The number of nitrogens with zero attached hydrogens (tertiary/aromatic N) is 1. The molecule has 0 unspecified atom stereocenters. The van der Waals surface area contributed by atoms with E-state index in [1.807, 2.05) is 0 Å². The Bertz CT molecular complexity index is 1320. The van der Waals surface area contributed by atoms with Crippen molar-refractivity contribution in [2.75, 3.05) is 6.26 Å². The number of hydrogen-bond donors (Lipinski definition) is 1. The summed E-state index contributed by atoms with van der Waals surface area (Å²) in [5, 5.41) is 3.02. The highest BCUT2D eigenvalue weighted by Crippen LogP contribution is 2.34. The third kappa shape index (κ3) is 3.68. The maximum Gasteiger partial charge on any atom is 0.263 e. The van der Waals surface area contributed by atoms with Crippen molar-refractivity contribution in [2.24, 2.45) is 0 Å². The number of halogens is 2. The minimum absolute atomic E-state index is 0.0632. The lowest BCUT2D eigenvalue weighted by Crippen LogP contribution is -2.17. The van der Waals surface area contributed by atoms with Gasteiger partial charge in [-0.2, -0.15) is 0 Å². The van der Waals surface area contributed by atoms with Gasteiger partial charge < -0.3 is 9.73 Å². The molecular weight excluding hydrogens is 442 g/mol. The van der Waals surface area contributed by atoms with E-state index in [1.54, 1.807) is 6.07 Å². The number of thiocarbonyl (C=S) groups is 1.